The van der Waals surface area contributed by atoms with E-state index in [0.29, 0.717) is 12.8 Å². The Kier molecular flexibility index (Phi) is 34.3. The highest BCUT2D eigenvalue weighted by Crippen LogP contribution is 2.43. The van der Waals surface area contributed by atoms with Crippen molar-refractivity contribution in [2.75, 3.05) is 26.4 Å². The molecule has 1 unspecified atom stereocenters. The van der Waals surface area contributed by atoms with E-state index in [4.69, 9.17) is 24.3 Å². The van der Waals surface area contributed by atoms with Crippen LogP contribution in [0.4, 0.5) is 0 Å². The Balaban J connectivity index is 4.25. The van der Waals surface area contributed by atoms with Gasteiger partial charge in [-0.25, -0.2) is 4.57 Å². The molecule has 0 bridgehead atoms. The monoisotopic (exact) mass is 711 g/mol. The van der Waals surface area contributed by atoms with Gasteiger partial charge in [0.1, 0.15) is 6.61 Å². The quantitative estimate of drug-likeness (QED) is 0.0285. The van der Waals surface area contributed by atoms with Crippen molar-refractivity contribution in [3.05, 3.63) is 48.6 Å². The van der Waals surface area contributed by atoms with Crippen molar-refractivity contribution in [1.29, 1.82) is 0 Å². The maximum atomic E-state index is 12.5. The first-order valence-corrected chi connectivity index (χ1v) is 20.6. The van der Waals surface area contributed by atoms with Crippen molar-refractivity contribution in [3.63, 3.8) is 0 Å². The van der Waals surface area contributed by atoms with E-state index in [1.54, 1.807) is 0 Å². The summed E-state index contributed by atoms with van der Waals surface area (Å²) in [5.74, 6) is -0.860. The molecule has 2 atom stereocenters. The molecule has 0 saturated heterocycles. The van der Waals surface area contributed by atoms with Crippen LogP contribution in [-0.4, -0.2) is 49.3 Å². The molecule has 0 aliphatic heterocycles. The van der Waals surface area contributed by atoms with Gasteiger partial charge in [0.25, 0.3) is 0 Å². The van der Waals surface area contributed by atoms with Crippen LogP contribution in [0.1, 0.15) is 155 Å². The molecule has 0 heterocycles. The van der Waals surface area contributed by atoms with Crippen molar-refractivity contribution in [2.45, 2.75) is 161 Å². The summed E-state index contributed by atoms with van der Waals surface area (Å²) in [5.41, 5.74) is 5.33. The maximum absolute atomic E-state index is 12.5. The first kappa shape index (κ1) is 47.0. The van der Waals surface area contributed by atoms with Crippen LogP contribution in [0.3, 0.4) is 0 Å². The summed E-state index contributed by atoms with van der Waals surface area (Å²) in [6.07, 6.45) is 38.5. The van der Waals surface area contributed by atoms with Crippen molar-refractivity contribution in [1.82, 2.24) is 0 Å². The number of carbonyl (C=O) groups excluding carboxylic acids is 2. The molecule has 10 heteroatoms. The van der Waals surface area contributed by atoms with Crippen molar-refractivity contribution < 1.29 is 37.6 Å². The van der Waals surface area contributed by atoms with E-state index in [-0.39, 0.29) is 32.6 Å². The van der Waals surface area contributed by atoms with Gasteiger partial charge in [-0.2, -0.15) is 0 Å². The molecule has 0 fully saturated rings. The van der Waals surface area contributed by atoms with E-state index in [9.17, 15) is 19.0 Å². The molecular formula is C39H70NO8P. The van der Waals surface area contributed by atoms with Gasteiger partial charge in [-0.3, -0.25) is 18.6 Å². The Morgan fingerprint density at radius 1 is 0.633 bits per heavy atom. The van der Waals surface area contributed by atoms with Gasteiger partial charge in [0.05, 0.1) is 13.2 Å². The van der Waals surface area contributed by atoms with Crippen LogP contribution in [0.15, 0.2) is 48.6 Å². The number of allylic oxidation sites excluding steroid dienone is 8. The summed E-state index contributed by atoms with van der Waals surface area (Å²) in [6.45, 7) is 3.56. The molecule has 0 saturated carbocycles. The van der Waals surface area contributed by atoms with Gasteiger partial charge in [-0.05, 0) is 51.4 Å². The van der Waals surface area contributed by atoms with Crippen LogP contribution in [0.2, 0.25) is 0 Å². The second-order valence-electron chi connectivity index (χ2n) is 12.4. The van der Waals surface area contributed by atoms with Crippen LogP contribution in [0.5, 0.6) is 0 Å². The lowest BCUT2D eigenvalue weighted by Crippen LogP contribution is -2.29. The van der Waals surface area contributed by atoms with Crippen LogP contribution < -0.4 is 5.73 Å². The summed E-state index contributed by atoms with van der Waals surface area (Å²) in [5, 5.41) is 0. The first-order chi connectivity index (χ1) is 23.8. The molecule has 0 radical (unpaired) electrons. The van der Waals surface area contributed by atoms with Gasteiger partial charge in [0.2, 0.25) is 0 Å². The molecule has 0 aromatic heterocycles. The second kappa shape index (κ2) is 35.8. The van der Waals surface area contributed by atoms with E-state index in [0.717, 1.165) is 70.6 Å². The van der Waals surface area contributed by atoms with Gasteiger partial charge in [0.15, 0.2) is 6.10 Å². The third-order valence-corrected chi connectivity index (χ3v) is 8.71. The minimum atomic E-state index is -4.37. The Hall–Kier alpha value is -2.03. The lowest BCUT2D eigenvalue weighted by Gasteiger charge is -2.19. The molecule has 9 nitrogen and oxygen atoms in total. The zero-order valence-corrected chi connectivity index (χ0v) is 31.8. The van der Waals surface area contributed by atoms with Crippen LogP contribution >= 0.6 is 7.82 Å². The third kappa shape index (κ3) is 35.6. The predicted octanol–water partition coefficient (Wildman–Crippen LogP) is 10.4. The molecule has 0 rings (SSSR count). The molecule has 0 aromatic carbocycles. The summed E-state index contributed by atoms with van der Waals surface area (Å²) < 4.78 is 32.6. The van der Waals surface area contributed by atoms with Gasteiger partial charge >= 0.3 is 19.8 Å². The first-order valence-electron chi connectivity index (χ1n) is 19.1. The zero-order valence-electron chi connectivity index (χ0n) is 30.9. The van der Waals surface area contributed by atoms with Gasteiger partial charge in [0, 0.05) is 19.4 Å². The Labute approximate surface area is 298 Å². The Bertz CT molecular complexity index is 949. The minimum Gasteiger partial charge on any atom is -0.462 e. The lowest BCUT2D eigenvalue weighted by atomic mass is 10.1. The summed E-state index contributed by atoms with van der Waals surface area (Å²) in [4.78, 5) is 34.7. The number of ether oxygens (including phenoxy) is 2. The number of carbonyl (C=O) groups is 2. The van der Waals surface area contributed by atoms with Gasteiger partial charge in [-0.15, -0.1) is 0 Å². The average Bonchev–Trinajstić information content (AvgIpc) is 3.08. The number of unbranched alkanes of at least 4 members (excludes halogenated alkanes) is 14. The fourth-order valence-electron chi connectivity index (χ4n) is 4.92. The average molecular weight is 712 g/mol. The smallest absolute Gasteiger partial charge is 0.462 e. The fourth-order valence-corrected chi connectivity index (χ4v) is 5.68. The van der Waals surface area contributed by atoms with E-state index in [2.05, 4.69) is 62.5 Å². The zero-order chi connectivity index (χ0) is 36.1. The van der Waals surface area contributed by atoms with Crippen LogP contribution in [-0.2, 0) is 32.7 Å². The molecule has 284 valence electrons. The maximum Gasteiger partial charge on any atom is 0.472 e. The molecular weight excluding hydrogens is 641 g/mol. The summed E-state index contributed by atoms with van der Waals surface area (Å²) >= 11 is 0. The normalized spacial score (nSPS) is 14.0. The topological polar surface area (TPSA) is 134 Å². The van der Waals surface area contributed by atoms with E-state index < -0.39 is 32.5 Å². The van der Waals surface area contributed by atoms with E-state index in [1.807, 2.05) is 0 Å². The molecule has 0 aliphatic carbocycles. The van der Waals surface area contributed by atoms with Gasteiger partial charge < -0.3 is 20.1 Å². The SMILES string of the molecule is CCC=CCC=CCC=CCC=CCCCCCCC(=O)OC[C@H](COP(=O)(O)OCCN)OC(=O)CCCCCCCCCCCCC. The van der Waals surface area contributed by atoms with Crippen LogP contribution in [0, 0.1) is 0 Å². The van der Waals surface area contributed by atoms with Crippen molar-refractivity contribution in [2.24, 2.45) is 5.73 Å². The molecule has 0 aromatic rings. The number of phosphoric acid groups is 1. The molecule has 3 N–H and O–H groups in total. The Morgan fingerprint density at radius 3 is 1.67 bits per heavy atom. The second-order valence-corrected chi connectivity index (χ2v) is 13.9. The number of hydrogen-bond donors (Lipinski definition) is 2. The number of hydrogen-bond acceptors (Lipinski definition) is 8. The highest BCUT2D eigenvalue weighted by Gasteiger charge is 2.25. The molecule has 0 amide bonds. The number of rotatable bonds is 35. The highest BCUT2D eigenvalue weighted by atomic mass is 31.2. The standard InChI is InChI=1S/C39H70NO8P/c1-3-5-7-9-11-13-15-16-17-18-19-20-22-23-25-27-29-31-38(41)45-35-37(36-47-49(43,44)46-34-33-40)48-39(42)32-30-28-26-24-21-14-12-10-8-6-4-2/h5,7,11,13,16-17,19-20,37H,3-4,6,8-10,12,14-15,18,21-36,40H2,1-2H3,(H,43,44)/t37-/m1/s1. The summed E-state index contributed by atoms with van der Waals surface area (Å²) in [6, 6.07) is 0. The number of esters is 2. The molecule has 0 spiro atoms. The minimum absolute atomic E-state index is 0.0489. The van der Waals surface area contributed by atoms with Crippen molar-refractivity contribution in [3.8, 4) is 0 Å². The fraction of sp³-hybridized carbons (Fsp3) is 0.744. The molecule has 0 aliphatic rings. The molecule has 49 heavy (non-hydrogen) atoms. The Morgan fingerprint density at radius 2 is 1.12 bits per heavy atom. The predicted molar refractivity (Wildman–Crippen MR) is 201 cm³/mol. The van der Waals surface area contributed by atoms with E-state index in [1.165, 1.54) is 44.9 Å². The largest absolute Gasteiger partial charge is 0.472 e. The highest BCUT2D eigenvalue weighted by molar-refractivity contribution is 7.47. The van der Waals surface area contributed by atoms with E-state index >= 15 is 0 Å². The van der Waals surface area contributed by atoms with Crippen LogP contribution in [0.25, 0.3) is 0 Å². The van der Waals surface area contributed by atoms with Gasteiger partial charge in [-0.1, -0.05) is 140 Å². The van der Waals surface area contributed by atoms with Crippen molar-refractivity contribution >= 4 is 19.8 Å². The summed E-state index contributed by atoms with van der Waals surface area (Å²) in [7, 11) is -4.37. The number of nitrogens with two attached hydrogens (primary N) is 1. The lowest BCUT2D eigenvalue weighted by molar-refractivity contribution is -0.161. The number of phosphoric ester groups is 1. The third-order valence-electron chi connectivity index (χ3n) is 7.73.